The summed E-state index contributed by atoms with van der Waals surface area (Å²) < 4.78 is 18.1. The Labute approximate surface area is 133 Å². The molecular formula is C16H34O4Si. The van der Waals surface area contributed by atoms with Gasteiger partial charge in [-0.25, -0.2) is 0 Å². The van der Waals surface area contributed by atoms with Gasteiger partial charge < -0.3 is 19.1 Å². The van der Waals surface area contributed by atoms with Crippen LogP contribution in [-0.4, -0.2) is 45.2 Å². The first-order valence-corrected chi connectivity index (χ1v) is 9.48. The number of hydrogen-bond donors (Lipinski definition) is 2. The van der Waals surface area contributed by atoms with Crippen molar-refractivity contribution in [3.05, 3.63) is 24.3 Å². The van der Waals surface area contributed by atoms with E-state index < -0.39 is 8.56 Å². The molecule has 1 rings (SSSR count). The molecule has 0 radical (unpaired) electrons. The van der Waals surface area contributed by atoms with Crippen LogP contribution in [0.4, 0.5) is 0 Å². The van der Waals surface area contributed by atoms with E-state index in [0.717, 1.165) is 13.2 Å². The summed E-state index contributed by atoms with van der Waals surface area (Å²) in [5.74, 6) is 0. The highest BCUT2D eigenvalue weighted by Gasteiger charge is 2.44. The Morgan fingerprint density at radius 3 is 1.62 bits per heavy atom. The van der Waals surface area contributed by atoms with Gasteiger partial charge in [-0.3, -0.25) is 0 Å². The maximum Gasteiger partial charge on any atom is 0.343 e. The van der Waals surface area contributed by atoms with E-state index in [4.69, 9.17) is 20.4 Å². The van der Waals surface area contributed by atoms with Gasteiger partial charge in [0.25, 0.3) is 0 Å². The van der Waals surface area contributed by atoms with Gasteiger partial charge in [-0.05, 0) is 11.1 Å². The Bertz CT molecular complexity index is 268. The van der Waals surface area contributed by atoms with Gasteiger partial charge in [0, 0.05) is 1.37 Å². The fourth-order valence-corrected chi connectivity index (χ4v) is 5.48. The highest BCUT2D eigenvalue weighted by Crippen LogP contribution is 2.35. The first-order chi connectivity index (χ1) is 10.4. The van der Waals surface area contributed by atoms with Crippen molar-refractivity contribution in [1.82, 2.24) is 0 Å². The van der Waals surface area contributed by atoms with E-state index in [1.54, 1.807) is 6.92 Å². The molecular weight excluding hydrogens is 284 g/mol. The van der Waals surface area contributed by atoms with Crippen LogP contribution in [0.5, 0.6) is 0 Å². The fourth-order valence-electron chi connectivity index (χ4n) is 2.02. The monoisotopic (exact) mass is 319 g/mol. The molecule has 0 aliphatic carbocycles. The zero-order valence-corrected chi connectivity index (χ0v) is 15.2. The molecule has 4 nitrogen and oxygen atoms in total. The Balaban J connectivity index is 0. The molecule has 0 aromatic rings. The average molecular weight is 320 g/mol. The van der Waals surface area contributed by atoms with E-state index >= 15 is 0 Å². The smallest absolute Gasteiger partial charge is 0.343 e. The molecule has 0 amide bonds. The fraction of sp³-hybridized carbons (Fsp3) is 0.750. The molecule has 0 saturated heterocycles. The van der Waals surface area contributed by atoms with E-state index in [1.165, 1.54) is 12.2 Å². The van der Waals surface area contributed by atoms with Crippen LogP contribution in [0.2, 0.25) is 11.1 Å². The van der Waals surface area contributed by atoms with Crippen LogP contribution in [0.25, 0.3) is 0 Å². The molecule has 0 aromatic carbocycles. The van der Waals surface area contributed by atoms with E-state index in [-0.39, 0.29) is 13.2 Å². The highest BCUT2D eigenvalue weighted by atomic mass is 28.4. The molecule has 1 heterocycles. The van der Waals surface area contributed by atoms with Crippen LogP contribution < -0.4 is 0 Å². The topological polar surface area (TPSA) is 58.9 Å². The Hall–Kier alpha value is -0.463. The standard InChI is InChI=1S/C10H20O2Si.C4H8O2.C2H6/c1-9(2)13(10(3)4)11-7-5-6-8-12-13;5-3-1-2-4-6;1-2/h5-6,9-10H,7-8H2,1-4H3;1-2,5-6H,3-4H2;1-2H3/b;2-1-;/i;;1D. The maximum atomic E-state index is 8.00. The molecule has 1 aliphatic rings. The lowest BCUT2D eigenvalue weighted by atomic mass is 10.5. The third-order valence-electron chi connectivity index (χ3n) is 2.96. The molecule has 0 saturated carbocycles. The second-order valence-electron chi connectivity index (χ2n) is 4.96. The Morgan fingerprint density at radius 1 is 1.05 bits per heavy atom. The molecule has 0 aromatic heterocycles. The summed E-state index contributed by atoms with van der Waals surface area (Å²) in [6, 6.07) is 0. The van der Waals surface area contributed by atoms with Crippen molar-refractivity contribution in [1.29, 1.82) is 0 Å². The van der Waals surface area contributed by atoms with Crippen LogP contribution in [0.15, 0.2) is 24.3 Å². The summed E-state index contributed by atoms with van der Waals surface area (Å²) in [5.41, 5.74) is 1.04. The number of aliphatic hydroxyl groups excluding tert-OH is 2. The van der Waals surface area contributed by atoms with E-state index in [9.17, 15) is 0 Å². The van der Waals surface area contributed by atoms with Crippen molar-refractivity contribution in [2.45, 2.75) is 52.6 Å². The minimum atomic E-state index is -1.95. The van der Waals surface area contributed by atoms with Crippen LogP contribution >= 0.6 is 0 Å². The van der Waals surface area contributed by atoms with Gasteiger partial charge in [0.1, 0.15) is 0 Å². The summed E-state index contributed by atoms with van der Waals surface area (Å²) in [6.07, 6.45) is 7.08. The van der Waals surface area contributed by atoms with Gasteiger partial charge in [0.2, 0.25) is 0 Å². The number of aliphatic hydroxyl groups is 2. The van der Waals surface area contributed by atoms with Crippen molar-refractivity contribution in [3.8, 4) is 0 Å². The number of hydrogen-bond acceptors (Lipinski definition) is 4. The summed E-state index contributed by atoms with van der Waals surface area (Å²) in [6.45, 7) is 12.6. The molecule has 0 atom stereocenters. The first-order valence-electron chi connectivity index (χ1n) is 8.22. The van der Waals surface area contributed by atoms with E-state index in [0.29, 0.717) is 18.0 Å². The average Bonchev–Trinajstić information content (AvgIpc) is 2.73. The molecule has 5 heteroatoms. The number of rotatable bonds is 4. The van der Waals surface area contributed by atoms with Gasteiger partial charge in [-0.2, -0.15) is 0 Å². The predicted molar refractivity (Wildman–Crippen MR) is 91.7 cm³/mol. The Kier molecular flexibility index (Phi) is 14.2. The lowest BCUT2D eigenvalue weighted by Gasteiger charge is -2.35. The summed E-state index contributed by atoms with van der Waals surface area (Å²) in [7, 11) is -1.95. The molecule has 0 spiro atoms. The largest absolute Gasteiger partial charge is 0.392 e. The molecule has 0 bridgehead atoms. The summed E-state index contributed by atoms with van der Waals surface area (Å²) in [5, 5.41) is 16.0. The lowest BCUT2D eigenvalue weighted by molar-refractivity contribution is 0.193. The Morgan fingerprint density at radius 2 is 1.38 bits per heavy atom. The van der Waals surface area contributed by atoms with Gasteiger partial charge in [-0.15, -0.1) is 0 Å². The summed E-state index contributed by atoms with van der Waals surface area (Å²) >= 11 is 0. The third kappa shape index (κ3) is 9.21. The van der Waals surface area contributed by atoms with Gasteiger partial charge in [0.15, 0.2) is 0 Å². The molecule has 21 heavy (non-hydrogen) atoms. The lowest BCUT2D eigenvalue weighted by Crippen LogP contribution is -2.47. The van der Waals surface area contributed by atoms with Crippen molar-refractivity contribution in [2.75, 3.05) is 26.4 Å². The molecule has 126 valence electrons. The predicted octanol–water partition coefficient (Wildman–Crippen LogP) is 3.41. The quantitative estimate of drug-likeness (QED) is 0.616. The second kappa shape index (κ2) is 14.5. The van der Waals surface area contributed by atoms with Crippen molar-refractivity contribution >= 4 is 8.56 Å². The minimum Gasteiger partial charge on any atom is -0.392 e. The van der Waals surface area contributed by atoms with Crippen LogP contribution in [0.1, 0.15) is 42.9 Å². The first kappa shape index (κ1) is 20.5. The van der Waals surface area contributed by atoms with E-state index in [1.807, 2.05) is 0 Å². The van der Waals surface area contributed by atoms with Gasteiger partial charge in [-0.1, -0.05) is 65.8 Å². The van der Waals surface area contributed by atoms with Crippen LogP contribution in [0.3, 0.4) is 0 Å². The molecule has 1 aliphatic heterocycles. The van der Waals surface area contributed by atoms with Gasteiger partial charge in [0.05, 0.1) is 26.4 Å². The third-order valence-corrected chi connectivity index (χ3v) is 7.42. The minimum absolute atomic E-state index is 0.0144. The maximum absolute atomic E-state index is 8.00. The molecule has 2 N–H and O–H groups in total. The van der Waals surface area contributed by atoms with Crippen LogP contribution in [0, 0.1) is 0 Å². The molecule has 0 fully saturated rings. The van der Waals surface area contributed by atoms with Crippen molar-refractivity contribution in [3.63, 3.8) is 0 Å². The SMILES string of the molecule is CC(C)[Si]1(C(C)C)OCC=CCO1.OC/C=C\CO.[2H]CC. The zero-order valence-electron chi connectivity index (χ0n) is 15.2. The normalized spacial score (nSPS) is 17.7. The van der Waals surface area contributed by atoms with Gasteiger partial charge >= 0.3 is 8.56 Å². The van der Waals surface area contributed by atoms with Crippen LogP contribution in [-0.2, 0) is 8.85 Å². The molecule has 0 unspecified atom stereocenters. The van der Waals surface area contributed by atoms with E-state index in [2.05, 4.69) is 39.8 Å². The highest BCUT2D eigenvalue weighted by molar-refractivity contribution is 6.70. The van der Waals surface area contributed by atoms with Crippen molar-refractivity contribution < 1.29 is 20.4 Å². The zero-order chi connectivity index (χ0) is 17.4. The second-order valence-corrected chi connectivity index (χ2v) is 9.29. The summed E-state index contributed by atoms with van der Waals surface area (Å²) in [4.78, 5) is 0. The van der Waals surface area contributed by atoms with Crippen molar-refractivity contribution in [2.24, 2.45) is 0 Å².